The highest BCUT2D eigenvalue weighted by Gasteiger charge is 2.25. The number of fused-ring (bicyclic) bond motifs is 1. The molecule has 3 heterocycles. The zero-order valence-corrected chi connectivity index (χ0v) is 20.3. The number of hydrogen-bond donors (Lipinski definition) is 1. The lowest BCUT2D eigenvalue weighted by Crippen LogP contribution is -2.49. The van der Waals surface area contributed by atoms with E-state index in [4.69, 9.17) is 0 Å². The molecule has 5 rings (SSSR count). The van der Waals surface area contributed by atoms with E-state index in [9.17, 15) is 0 Å². The van der Waals surface area contributed by atoms with E-state index < -0.39 is 0 Å². The van der Waals surface area contributed by atoms with E-state index in [0.29, 0.717) is 6.04 Å². The van der Waals surface area contributed by atoms with Crippen molar-refractivity contribution >= 4 is 10.9 Å². The first kappa shape index (κ1) is 22.8. The van der Waals surface area contributed by atoms with E-state index in [1.165, 1.54) is 28.5 Å². The van der Waals surface area contributed by atoms with Crippen LogP contribution in [0.25, 0.3) is 16.6 Å². The maximum Gasteiger partial charge on any atom is 0.123 e. The van der Waals surface area contributed by atoms with Crippen molar-refractivity contribution in [3.05, 3.63) is 78.5 Å². The molecule has 7 nitrogen and oxygen atoms in total. The molecule has 0 saturated carbocycles. The molecule has 1 atom stereocenters. The third-order valence-electron chi connectivity index (χ3n) is 6.96. The molecule has 0 radical (unpaired) electrons. The molecule has 0 spiro atoms. The van der Waals surface area contributed by atoms with E-state index in [2.05, 4.69) is 98.7 Å². The van der Waals surface area contributed by atoms with Crippen LogP contribution in [0.4, 0.5) is 0 Å². The van der Waals surface area contributed by atoms with Crippen molar-refractivity contribution in [2.75, 3.05) is 53.4 Å². The lowest BCUT2D eigenvalue weighted by atomic mass is 10.0. The Morgan fingerprint density at radius 3 is 2.47 bits per heavy atom. The minimum absolute atomic E-state index is 0.462. The highest BCUT2D eigenvalue weighted by atomic mass is 15.3. The zero-order valence-electron chi connectivity index (χ0n) is 20.3. The molecule has 2 aromatic heterocycles. The standard InChI is InChI=1S/C27H35N7/c1-31(2)19-27(22-7-4-3-5-8-22)33-15-13-32(14-16-33)12-6-9-23-18-28-26-11-10-24(17-25(23)26)34-20-29-30-21-34/h3-5,7-8,10-11,17-18,20-21,27-28H,6,9,12-16,19H2,1-2H3. The Hall–Kier alpha value is -3.00. The number of piperazine rings is 1. The summed E-state index contributed by atoms with van der Waals surface area (Å²) in [6.45, 7) is 6.74. The van der Waals surface area contributed by atoms with Gasteiger partial charge >= 0.3 is 0 Å². The van der Waals surface area contributed by atoms with Gasteiger partial charge in [0, 0.05) is 61.6 Å². The molecule has 34 heavy (non-hydrogen) atoms. The predicted octanol–water partition coefficient (Wildman–Crippen LogP) is 3.60. The van der Waals surface area contributed by atoms with Crippen LogP contribution in [-0.2, 0) is 6.42 Å². The number of likely N-dealkylation sites (N-methyl/N-ethyl adjacent to an activating group) is 1. The highest BCUT2D eigenvalue weighted by molar-refractivity contribution is 5.85. The SMILES string of the molecule is CN(C)CC(c1ccccc1)N1CCN(CCCc2c[nH]c3ccc(-n4cnnc4)cc23)CC1. The smallest absolute Gasteiger partial charge is 0.123 e. The van der Waals surface area contributed by atoms with Gasteiger partial charge in [0.05, 0.1) is 0 Å². The Morgan fingerprint density at radius 2 is 1.74 bits per heavy atom. The maximum absolute atomic E-state index is 3.93. The molecule has 1 aliphatic rings. The first-order valence-corrected chi connectivity index (χ1v) is 12.3. The van der Waals surface area contributed by atoms with Crippen molar-refractivity contribution in [1.82, 2.24) is 34.4 Å². The molecule has 0 bridgehead atoms. The minimum Gasteiger partial charge on any atom is -0.361 e. The van der Waals surface area contributed by atoms with Gasteiger partial charge < -0.3 is 14.8 Å². The Morgan fingerprint density at radius 1 is 0.971 bits per heavy atom. The molecular formula is C27H35N7. The number of rotatable bonds is 9. The van der Waals surface area contributed by atoms with Crippen molar-refractivity contribution in [3.63, 3.8) is 0 Å². The quantitative estimate of drug-likeness (QED) is 0.416. The van der Waals surface area contributed by atoms with Gasteiger partial charge in [-0.15, -0.1) is 10.2 Å². The number of benzene rings is 2. The summed E-state index contributed by atoms with van der Waals surface area (Å²) in [5, 5.41) is 9.16. The Bertz CT molecular complexity index is 1160. The number of nitrogens with one attached hydrogen (secondary N) is 1. The zero-order chi connectivity index (χ0) is 23.3. The predicted molar refractivity (Wildman–Crippen MR) is 137 cm³/mol. The van der Waals surface area contributed by atoms with E-state index in [-0.39, 0.29) is 0 Å². The lowest BCUT2D eigenvalue weighted by Gasteiger charge is -2.40. The van der Waals surface area contributed by atoms with E-state index in [1.807, 2.05) is 4.57 Å². The fraction of sp³-hybridized carbons (Fsp3) is 0.407. The lowest BCUT2D eigenvalue weighted by molar-refractivity contribution is 0.0825. The molecule has 1 N–H and O–H groups in total. The van der Waals surface area contributed by atoms with Crippen LogP contribution in [0.2, 0.25) is 0 Å². The second-order valence-electron chi connectivity index (χ2n) is 9.58. The van der Waals surface area contributed by atoms with Crippen molar-refractivity contribution in [2.45, 2.75) is 18.9 Å². The van der Waals surface area contributed by atoms with Crippen molar-refractivity contribution in [1.29, 1.82) is 0 Å². The monoisotopic (exact) mass is 457 g/mol. The second-order valence-corrected chi connectivity index (χ2v) is 9.58. The molecule has 0 amide bonds. The summed E-state index contributed by atoms with van der Waals surface area (Å²) >= 11 is 0. The summed E-state index contributed by atoms with van der Waals surface area (Å²) in [5.41, 5.74) is 5.10. The molecule has 1 fully saturated rings. The van der Waals surface area contributed by atoms with Gasteiger partial charge in [0.15, 0.2) is 0 Å². The number of nitrogens with zero attached hydrogens (tertiary/aromatic N) is 6. The van der Waals surface area contributed by atoms with Crippen molar-refractivity contribution < 1.29 is 0 Å². The van der Waals surface area contributed by atoms with Crippen LogP contribution >= 0.6 is 0 Å². The Balaban J connectivity index is 1.15. The minimum atomic E-state index is 0.462. The van der Waals surface area contributed by atoms with Crippen LogP contribution in [0, 0.1) is 0 Å². The van der Waals surface area contributed by atoms with Crippen LogP contribution in [0.15, 0.2) is 67.4 Å². The van der Waals surface area contributed by atoms with Crippen LogP contribution in [0.1, 0.15) is 23.6 Å². The van der Waals surface area contributed by atoms with Crippen LogP contribution in [-0.4, -0.2) is 87.8 Å². The highest BCUT2D eigenvalue weighted by Crippen LogP contribution is 2.25. The number of aryl methyl sites for hydroxylation is 1. The van der Waals surface area contributed by atoms with Gasteiger partial charge in [-0.1, -0.05) is 30.3 Å². The van der Waals surface area contributed by atoms with Gasteiger partial charge in [0.25, 0.3) is 0 Å². The average molecular weight is 458 g/mol. The number of aromatic nitrogens is 4. The molecule has 0 aliphatic carbocycles. The summed E-state index contributed by atoms with van der Waals surface area (Å²) in [7, 11) is 4.35. The summed E-state index contributed by atoms with van der Waals surface area (Å²) in [6, 6.07) is 17.9. The molecule has 7 heteroatoms. The molecule has 1 aliphatic heterocycles. The molecule has 178 valence electrons. The summed E-state index contributed by atoms with van der Waals surface area (Å²) in [4.78, 5) is 11.0. The van der Waals surface area contributed by atoms with E-state index in [0.717, 1.165) is 51.4 Å². The summed E-state index contributed by atoms with van der Waals surface area (Å²) < 4.78 is 1.95. The van der Waals surface area contributed by atoms with Gasteiger partial charge in [-0.3, -0.25) is 9.47 Å². The number of hydrogen-bond acceptors (Lipinski definition) is 5. The Labute approximate surface area is 202 Å². The largest absolute Gasteiger partial charge is 0.361 e. The van der Waals surface area contributed by atoms with Crippen molar-refractivity contribution in [2.24, 2.45) is 0 Å². The topological polar surface area (TPSA) is 56.2 Å². The molecule has 4 aromatic rings. The van der Waals surface area contributed by atoms with Crippen LogP contribution in [0.5, 0.6) is 0 Å². The van der Waals surface area contributed by atoms with Gasteiger partial charge in [0.2, 0.25) is 0 Å². The Kier molecular flexibility index (Phi) is 7.04. The first-order chi connectivity index (χ1) is 16.7. The molecule has 1 saturated heterocycles. The maximum atomic E-state index is 3.93. The molecule has 2 aromatic carbocycles. The van der Waals surface area contributed by atoms with E-state index in [1.54, 1.807) is 12.7 Å². The summed E-state index contributed by atoms with van der Waals surface area (Å²) in [6.07, 6.45) is 7.91. The van der Waals surface area contributed by atoms with Crippen molar-refractivity contribution in [3.8, 4) is 5.69 Å². The normalized spacial score (nSPS) is 16.4. The van der Waals surface area contributed by atoms with Gasteiger partial charge in [-0.05, 0) is 62.8 Å². The number of aromatic amines is 1. The first-order valence-electron chi connectivity index (χ1n) is 12.3. The number of H-pyrrole nitrogens is 1. The molecule has 1 unspecified atom stereocenters. The van der Waals surface area contributed by atoms with Crippen LogP contribution < -0.4 is 0 Å². The fourth-order valence-electron chi connectivity index (χ4n) is 5.11. The second kappa shape index (κ2) is 10.5. The fourth-order valence-corrected chi connectivity index (χ4v) is 5.11. The average Bonchev–Trinajstić information content (AvgIpc) is 3.54. The van der Waals surface area contributed by atoms with E-state index >= 15 is 0 Å². The third-order valence-corrected chi connectivity index (χ3v) is 6.96. The van der Waals surface area contributed by atoms with Gasteiger partial charge in [-0.2, -0.15) is 0 Å². The van der Waals surface area contributed by atoms with Gasteiger partial charge in [0.1, 0.15) is 12.7 Å². The summed E-state index contributed by atoms with van der Waals surface area (Å²) in [5.74, 6) is 0. The molecular weight excluding hydrogens is 422 g/mol. The third kappa shape index (κ3) is 5.22. The van der Waals surface area contributed by atoms with Gasteiger partial charge in [-0.25, -0.2) is 0 Å². The van der Waals surface area contributed by atoms with Crippen LogP contribution in [0.3, 0.4) is 0 Å².